The van der Waals surface area contributed by atoms with E-state index in [1.807, 2.05) is 6.07 Å². The van der Waals surface area contributed by atoms with Crippen molar-refractivity contribution in [3.8, 4) is 6.07 Å². The molecule has 1 fully saturated rings. The zero-order chi connectivity index (χ0) is 12.4. The maximum absolute atomic E-state index is 10.9. The lowest BCUT2D eigenvalue weighted by atomic mass is 10.2. The molecule has 0 spiro atoms. The summed E-state index contributed by atoms with van der Waals surface area (Å²) in [4.78, 5) is 15.9. The number of aliphatic hydroxyl groups excluding tert-OH is 1. The summed E-state index contributed by atoms with van der Waals surface area (Å²) < 4.78 is 0. The molecule has 1 N–H and O–H groups in total. The molecule has 1 aromatic rings. The minimum absolute atomic E-state index is 0.153. The van der Waals surface area contributed by atoms with E-state index in [0.29, 0.717) is 19.5 Å². The molecule has 17 heavy (non-hydrogen) atoms. The summed E-state index contributed by atoms with van der Waals surface area (Å²) in [5, 5.41) is 29.0. The van der Waals surface area contributed by atoms with E-state index in [-0.39, 0.29) is 17.1 Å². The first-order valence-corrected chi connectivity index (χ1v) is 5.09. The van der Waals surface area contributed by atoms with Crippen LogP contribution >= 0.6 is 0 Å². The molecule has 0 aliphatic carbocycles. The van der Waals surface area contributed by atoms with Crippen LogP contribution in [0.1, 0.15) is 12.0 Å². The van der Waals surface area contributed by atoms with E-state index in [0.717, 1.165) is 0 Å². The quantitative estimate of drug-likeness (QED) is 0.588. The first kappa shape index (κ1) is 11.3. The van der Waals surface area contributed by atoms with E-state index in [9.17, 15) is 15.2 Å². The highest BCUT2D eigenvalue weighted by Gasteiger charge is 2.27. The molecule has 1 aliphatic rings. The zero-order valence-electron chi connectivity index (χ0n) is 8.91. The normalized spacial score (nSPS) is 19.1. The number of nitrogens with zero attached hydrogens (tertiary/aromatic N) is 4. The van der Waals surface area contributed by atoms with Crippen molar-refractivity contribution in [3.05, 3.63) is 27.9 Å². The van der Waals surface area contributed by atoms with Crippen molar-refractivity contribution in [2.75, 3.05) is 18.0 Å². The second-order valence-electron chi connectivity index (χ2n) is 3.82. The summed E-state index contributed by atoms with van der Waals surface area (Å²) in [6.45, 7) is 0.862. The van der Waals surface area contributed by atoms with E-state index in [2.05, 4.69) is 4.98 Å². The van der Waals surface area contributed by atoms with Gasteiger partial charge in [-0.3, -0.25) is 10.1 Å². The van der Waals surface area contributed by atoms with E-state index < -0.39 is 11.0 Å². The fourth-order valence-corrected chi connectivity index (χ4v) is 1.82. The Morgan fingerprint density at radius 3 is 3.00 bits per heavy atom. The fraction of sp³-hybridized carbons (Fsp3) is 0.400. The highest BCUT2D eigenvalue weighted by molar-refractivity contribution is 5.60. The van der Waals surface area contributed by atoms with Crippen LogP contribution in [0.5, 0.6) is 0 Å². The van der Waals surface area contributed by atoms with Crippen molar-refractivity contribution in [1.29, 1.82) is 5.26 Å². The van der Waals surface area contributed by atoms with Gasteiger partial charge in [-0.15, -0.1) is 0 Å². The molecule has 0 saturated carbocycles. The third-order valence-electron chi connectivity index (χ3n) is 2.64. The van der Waals surface area contributed by atoms with Gasteiger partial charge in [-0.25, -0.2) is 4.98 Å². The number of rotatable bonds is 2. The second kappa shape index (κ2) is 4.35. The van der Waals surface area contributed by atoms with Gasteiger partial charge in [0.2, 0.25) is 5.82 Å². The highest BCUT2D eigenvalue weighted by atomic mass is 16.6. The van der Waals surface area contributed by atoms with Gasteiger partial charge in [0.05, 0.1) is 16.6 Å². The molecule has 1 atom stereocenters. The molecule has 7 nitrogen and oxygen atoms in total. The van der Waals surface area contributed by atoms with Crippen molar-refractivity contribution in [2.45, 2.75) is 12.5 Å². The number of anilines is 1. The van der Waals surface area contributed by atoms with E-state index in [1.54, 1.807) is 4.90 Å². The van der Waals surface area contributed by atoms with E-state index >= 15 is 0 Å². The molecule has 0 aromatic carbocycles. The molecule has 2 heterocycles. The van der Waals surface area contributed by atoms with Gasteiger partial charge >= 0.3 is 5.69 Å². The molecule has 0 radical (unpaired) electrons. The summed E-state index contributed by atoms with van der Waals surface area (Å²) in [6, 6.07) is 3.02. The van der Waals surface area contributed by atoms with Gasteiger partial charge in [0.25, 0.3) is 0 Å². The van der Waals surface area contributed by atoms with Crippen molar-refractivity contribution < 1.29 is 10.0 Å². The molecule has 88 valence electrons. The summed E-state index contributed by atoms with van der Waals surface area (Å²) in [6.07, 6.45) is 1.39. The molecule has 1 saturated heterocycles. The molecular formula is C10H10N4O3. The Kier molecular flexibility index (Phi) is 2.89. The van der Waals surface area contributed by atoms with Crippen LogP contribution in [0, 0.1) is 21.4 Å². The van der Waals surface area contributed by atoms with E-state index in [4.69, 9.17) is 5.26 Å². The number of nitriles is 1. The minimum Gasteiger partial charge on any atom is -0.391 e. The molecule has 1 aromatic heterocycles. The van der Waals surface area contributed by atoms with Gasteiger partial charge < -0.3 is 10.0 Å². The number of aliphatic hydroxyl groups is 1. The number of aromatic nitrogens is 1. The van der Waals surface area contributed by atoms with Crippen LogP contribution in [0.15, 0.2) is 12.3 Å². The van der Waals surface area contributed by atoms with Crippen LogP contribution in [-0.4, -0.2) is 34.2 Å². The fourth-order valence-electron chi connectivity index (χ4n) is 1.82. The van der Waals surface area contributed by atoms with Gasteiger partial charge in [0.15, 0.2) is 0 Å². The van der Waals surface area contributed by atoms with Crippen molar-refractivity contribution >= 4 is 11.5 Å². The maximum atomic E-state index is 10.9. The Balaban J connectivity index is 2.40. The zero-order valence-corrected chi connectivity index (χ0v) is 8.91. The standard InChI is InChI=1S/C10H10N4O3/c11-4-7-3-9(14(16)17)10(12-5-7)13-2-1-8(15)6-13/h3,5,8,15H,1-2,6H2. The number of hydrogen-bond donors (Lipinski definition) is 1. The smallest absolute Gasteiger partial charge is 0.312 e. The van der Waals surface area contributed by atoms with Gasteiger partial charge in [-0.05, 0) is 6.42 Å². The lowest BCUT2D eigenvalue weighted by Gasteiger charge is -2.15. The molecule has 1 aliphatic heterocycles. The van der Waals surface area contributed by atoms with Crippen LogP contribution in [0.4, 0.5) is 11.5 Å². The summed E-state index contributed by atoms with van der Waals surface area (Å²) >= 11 is 0. The Bertz CT molecular complexity index is 497. The van der Waals surface area contributed by atoms with Gasteiger partial charge in [0, 0.05) is 25.4 Å². The van der Waals surface area contributed by atoms with Crippen molar-refractivity contribution in [2.24, 2.45) is 0 Å². The van der Waals surface area contributed by atoms with E-state index in [1.165, 1.54) is 12.3 Å². The molecule has 0 amide bonds. The van der Waals surface area contributed by atoms with Crippen LogP contribution in [0.3, 0.4) is 0 Å². The summed E-state index contributed by atoms with van der Waals surface area (Å²) in [7, 11) is 0. The average molecular weight is 234 g/mol. The van der Waals surface area contributed by atoms with Crippen LogP contribution in [0.25, 0.3) is 0 Å². The molecular weight excluding hydrogens is 224 g/mol. The van der Waals surface area contributed by atoms with Crippen molar-refractivity contribution in [3.63, 3.8) is 0 Å². The number of hydrogen-bond acceptors (Lipinski definition) is 6. The maximum Gasteiger partial charge on any atom is 0.312 e. The highest BCUT2D eigenvalue weighted by Crippen LogP contribution is 2.28. The topological polar surface area (TPSA) is 103 Å². The van der Waals surface area contributed by atoms with Crippen LogP contribution < -0.4 is 4.90 Å². The molecule has 7 heteroatoms. The SMILES string of the molecule is N#Cc1cnc(N2CCC(O)C2)c([N+](=O)[O-])c1. The first-order valence-electron chi connectivity index (χ1n) is 5.09. The lowest BCUT2D eigenvalue weighted by Crippen LogP contribution is -2.23. The minimum atomic E-state index is -0.562. The lowest BCUT2D eigenvalue weighted by molar-refractivity contribution is -0.384. The van der Waals surface area contributed by atoms with Gasteiger partial charge in [-0.2, -0.15) is 5.26 Å². The number of pyridine rings is 1. The third kappa shape index (κ3) is 2.16. The third-order valence-corrected chi connectivity index (χ3v) is 2.64. The Morgan fingerprint density at radius 1 is 1.71 bits per heavy atom. The molecule has 1 unspecified atom stereocenters. The Morgan fingerprint density at radius 2 is 2.47 bits per heavy atom. The second-order valence-corrected chi connectivity index (χ2v) is 3.82. The Labute approximate surface area is 97.1 Å². The summed E-state index contributed by atoms with van der Waals surface area (Å²) in [5.41, 5.74) is -0.0432. The monoisotopic (exact) mass is 234 g/mol. The van der Waals surface area contributed by atoms with Crippen LogP contribution in [0.2, 0.25) is 0 Å². The summed E-state index contributed by atoms with van der Waals surface area (Å²) in [5.74, 6) is 0.213. The van der Waals surface area contributed by atoms with Gasteiger partial charge in [-0.1, -0.05) is 0 Å². The van der Waals surface area contributed by atoms with Crippen LogP contribution in [-0.2, 0) is 0 Å². The molecule has 0 bridgehead atoms. The predicted molar refractivity (Wildman–Crippen MR) is 58.4 cm³/mol. The van der Waals surface area contributed by atoms with Crippen molar-refractivity contribution in [1.82, 2.24) is 4.98 Å². The predicted octanol–water partition coefficient (Wildman–Crippen LogP) is 0.432. The number of nitro groups is 1. The van der Waals surface area contributed by atoms with Gasteiger partial charge in [0.1, 0.15) is 6.07 Å². The first-order chi connectivity index (χ1) is 8.11. The largest absolute Gasteiger partial charge is 0.391 e. The molecule has 2 rings (SSSR count). The number of β-amino-alcohol motifs (C(OH)–C–C–N with tert-alkyl or cyclic N) is 1. The average Bonchev–Trinajstić information content (AvgIpc) is 2.75. The Hall–Kier alpha value is -2.20.